The molecule has 5 heteroatoms. The molecule has 5 nitrogen and oxygen atoms in total. The Kier molecular flexibility index (Phi) is 6.06. The van der Waals surface area contributed by atoms with Crippen LogP contribution < -0.4 is 10.7 Å². The number of hydrazone groups is 1. The van der Waals surface area contributed by atoms with E-state index in [-0.39, 0.29) is 0 Å². The summed E-state index contributed by atoms with van der Waals surface area (Å²) in [5, 5.41) is 6.40. The van der Waals surface area contributed by atoms with Crippen molar-refractivity contribution in [2.24, 2.45) is 5.10 Å². The number of hydrogen-bond acceptors (Lipinski definition) is 3. The van der Waals surface area contributed by atoms with Crippen LogP contribution in [0.3, 0.4) is 0 Å². The van der Waals surface area contributed by atoms with Crippen molar-refractivity contribution in [1.29, 1.82) is 0 Å². The minimum absolute atomic E-state index is 0.458. The van der Waals surface area contributed by atoms with Gasteiger partial charge in [-0.3, -0.25) is 9.59 Å². The molecule has 0 unspecified atom stereocenters. The molecule has 0 aromatic heterocycles. The third-order valence-electron chi connectivity index (χ3n) is 3.67. The van der Waals surface area contributed by atoms with E-state index < -0.39 is 11.8 Å². The lowest BCUT2D eigenvalue weighted by atomic mass is 10.0. The van der Waals surface area contributed by atoms with Gasteiger partial charge in [0.2, 0.25) is 0 Å². The van der Waals surface area contributed by atoms with Crippen molar-refractivity contribution >= 4 is 23.7 Å². The van der Waals surface area contributed by atoms with Gasteiger partial charge in [0.05, 0.1) is 6.21 Å². The average Bonchev–Trinajstić information content (AvgIpc) is 2.54. The van der Waals surface area contributed by atoms with Crippen molar-refractivity contribution in [3.05, 3.63) is 64.7 Å². The second-order valence-corrected chi connectivity index (χ2v) is 6.35. The zero-order valence-corrected chi connectivity index (χ0v) is 15.0. The minimum atomic E-state index is -0.811. The van der Waals surface area contributed by atoms with Crippen LogP contribution in [0.2, 0.25) is 0 Å². The first-order chi connectivity index (χ1) is 11.8. The maximum Gasteiger partial charge on any atom is 0.329 e. The number of amides is 2. The quantitative estimate of drug-likeness (QED) is 0.509. The molecule has 0 saturated heterocycles. The van der Waals surface area contributed by atoms with Crippen LogP contribution in [-0.4, -0.2) is 18.0 Å². The molecule has 2 amide bonds. The summed E-state index contributed by atoms with van der Waals surface area (Å²) in [5.41, 5.74) is 6.93. The van der Waals surface area contributed by atoms with E-state index in [0.29, 0.717) is 11.6 Å². The molecule has 2 N–H and O–H groups in total. The fourth-order valence-electron chi connectivity index (χ4n) is 2.42. The van der Waals surface area contributed by atoms with Gasteiger partial charge in [0.25, 0.3) is 0 Å². The smallest absolute Gasteiger partial charge is 0.318 e. The molecule has 0 radical (unpaired) electrons. The van der Waals surface area contributed by atoms with E-state index in [1.165, 1.54) is 11.8 Å². The summed E-state index contributed by atoms with van der Waals surface area (Å²) in [4.78, 5) is 23.7. The lowest BCUT2D eigenvalue weighted by Crippen LogP contribution is -2.32. The molecule has 2 aromatic rings. The number of carbonyl (C=O) groups excluding carboxylic acids is 2. The van der Waals surface area contributed by atoms with Gasteiger partial charge in [-0.2, -0.15) is 5.10 Å². The Labute approximate surface area is 148 Å². The van der Waals surface area contributed by atoms with E-state index in [0.717, 1.165) is 16.7 Å². The highest BCUT2D eigenvalue weighted by atomic mass is 16.2. The van der Waals surface area contributed by atoms with Crippen molar-refractivity contribution in [2.45, 2.75) is 33.6 Å². The number of hydrogen-bond donors (Lipinski definition) is 2. The van der Waals surface area contributed by atoms with Crippen LogP contribution in [0.5, 0.6) is 0 Å². The summed E-state index contributed by atoms with van der Waals surface area (Å²) in [6.45, 7) is 8.10. The monoisotopic (exact) mass is 337 g/mol. The molecular weight excluding hydrogens is 314 g/mol. The van der Waals surface area contributed by atoms with Crippen LogP contribution in [0.15, 0.2) is 47.6 Å². The zero-order chi connectivity index (χ0) is 18.4. The third kappa shape index (κ3) is 5.57. The first kappa shape index (κ1) is 18.4. The van der Waals surface area contributed by atoms with E-state index in [9.17, 15) is 9.59 Å². The topological polar surface area (TPSA) is 70.6 Å². The molecule has 0 atom stereocenters. The predicted molar refractivity (Wildman–Crippen MR) is 101 cm³/mol. The number of rotatable bonds is 4. The fraction of sp³-hybridized carbons (Fsp3) is 0.250. The standard InChI is InChI=1S/C20H23N3O2/c1-13(2)17-7-5-16(6-8-17)12-21-23-20(25)19(24)22-18-10-14(3)9-15(4)11-18/h5-13H,1-4H3,(H,22,24)(H,23,25). The number of benzene rings is 2. The molecule has 0 bridgehead atoms. The van der Waals surface area contributed by atoms with E-state index >= 15 is 0 Å². The highest BCUT2D eigenvalue weighted by Gasteiger charge is 2.13. The predicted octanol–water partition coefficient (Wildman–Crippen LogP) is 3.52. The molecule has 25 heavy (non-hydrogen) atoms. The number of anilines is 1. The second kappa shape index (κ2) is 8.24. The molecule has 2 rings (SSSR count). The maximum absolute atomic E-state index is 11.9. The van der Waals surface area contributed by atoms with Crippen molar-refractivity contribution in [1.82, 2.24) is 5.43 Å². The number of carbonyl (C=O) groups is 2. The summed E-state index contributed by atoms with van der Waals surface area (Å²) >= 11 is 0. The molecule has 0 aliphatic rings. The largest absolute Gasteiger partial charge is 0.329 e. The Balaban J connectivity index is 1.91. The van der Waals surface area contributed by atoms with E-state index in [1.54, 1.807) is 12.1 Å². The number of nitrogens with zero attached hydrogens (tertiary/aromatic N) is 1. The second-order valence-electron chi connectivity index (χ2n) is 6.35. The van der Waals surface area contributed by atoms with E-state index in [1.807, 2.05) is 44.2 Å². The van der Waals surface area contributed by atoms with Crippen molar-refractivity contribution < 1.29 is 9.59 Å². The minimum Gasteiger partial charge on any atom is -0.318 e. The Morgan fingerprint density at radius 1 is 0.960 bits per heavy atom. The van der Waals surface area contributed by atoms with Gasteiger partial charge < -0.3 is 5.32 Å². The normalized spacial score (nSPS) is 10.9. The van der Waals surface area contributed by atoms with Crippen LogP contribution in [0, 0.1) is 13.8 Å². The van der Waals surface area contributed by atoms with Crippen LogP contribution >= 0.6 is 0 Å². The number of aryl methyl sites for hydroxylation is 2. The lowest BCUT2D eigenvalue weighted by Gasteiger charge is -2.06. The SMILES string of the molecule is Cc1cc(C)cc(NC(=O)C(=O)NN=Cc2ccc(C(C)C)cc2)c1. The van der Waals surface area contributed by atoms with Gasteiger partial charge in [-0.25, -0.2) is 5.43 Å². The lowest BCUT2D eigenvalue weighted by molar-refractivity contribution is -0.136. The van der Waals surface area contributed by atoms with E-state index in [2.05, 4.69) is 29.7 Å². The summed E-state index contributed by atoms with van der Waals surface area (Å²) in [6.07, 6.45) is 1.51. The van der Waals surface area contributed by atoms with Crippen LogP contribution in [0.4, 0.5) is 5.69 Å². The summed E-state index contributed by atoms with van der Waals surface area (Å²) < 4.78 is 0. The maximum atomic E-state index is 11.9. The van der Waals surface area contributed by atoms with Gasteiger partial charge in [-0.15, -0.1) is 0 Å². The number of nitrogens with one attached hydrogen (secondary N) is 2. The highest BCUT2D eigenvalue weighted by Crippen LogP contribution is 2.14. The summed E-state index contributed by atoms with van der Waals surface area (Å²) in [7, 11) is 0. The Morgan fingerprint density at radius 2 is 1.56 bits per heavy atom. The van der Waals surface area contributed by atoms with Gasteiger partial charge in [0, 0.05) is 5.69 Å². The van der Waals surface area contributed by atoms with Gasteiger partial charge in [-0.05, 0) is 54.2 Å². The van der Waals surface area contributed by atoms with Crippen molar-refractivity contribution in [3.63, 3.8) is 0 Å². The summed E-state index contributed by atoms with van der Waals surface area (Å²) in [6, 6.07) is 13.5. The highest BCUT2D eigenvalue weighted by molar-refractivity contribution is 6.39. The molecule has 0 heterocycles. The molecule has 0 fully saturated rings. The molecule has 2 aromatic carbocycles. The molecule has 0 aliphatic heterocycles. The molecule has 0 spiro atoms. The fourth-order valence-corrected chi connectivity index (χ4v) is 2.42. The van der Waals surface area contributed by atoms with Crippen molar-refractivity contribution in [3.8, 4) is 0 Å². The van der Waals surface area contributed by atoms with E-state index in [4.69, 9.17) is 0 Å². The van der Waals surface area contributed by atoms with Crippen LogP contribution in [0.1, 0.15) is 42.0 Å². The third-order valence-corrected chi connectivity index (χ3v) is 3.67. The molecule has 0 aliphatic carbocycles. The van der Waals surface area contributed by atoms with Crippen LogP contribution in [-0.2, 0) is 9.59 Å². The molecular formula is C20H23N3O2. The average molecular weight is 337 g/mol. The van der Waals surface area contributed by atoms with Gasteiger partial charge >= 0.3 is 11.8 Å². The Hall–Kier alpha value is -2.95. The van der Waals surface area contributed by atoms with Crippen molar-refractivity contribution in [2.75, 3.05) is 5.32 Å². The molecule has 0 saturated carbocycles. The van der Waals surface area contributed by atoms with Crippen LogP contribution in [0.25, 0.3) is 0 Å². The first-order valence-electron chi connectivity index (χ1n) is 8.18. The first-order valence-corrected chi connectivity index (χ1v) is 8.18. The van der Waals surface area contributed by atoms with Gasteiger partial charge in [0.15, 0.2) is 0 Å². The molecule has 130 valence electrons. The Morgan fingerprint density at radius 3 is 2.12 bits per heavy atom. The van der Waals surface area contributed by atoms with Gasteiger partial charge in [0.1, 0.15) is 0 Å². The Bertz CT molecular complexity index is 773. The zero-order valence-electron chi connectivity index (χ0n) is 15.0. The summed E-state index contributed by atoms with van der Waals surface area (Å²) in [5.74, 6) is -1.11. The van der Waals surface area contributed by atoms with Gasteiger partial charge in [-0.1, -0.05) is 44.2 Å².